The molecule has 8 nitrogen and oxygen atoms in total. The van der Waals surface area contributed by atoms with Gasteiger partial charge in [0.25, 0.3) is 0 Å². The molecule has 2 aromatic rings. The van der Waals surface area contributed by atoms with E-state index >= 15 is 0 Å². The lowest BCUT2D eigenvalue weighted by atomic mass is 10.0. The lowest BCUT2D eigenvalue weighted by molar-refractivity contribution is 0.0273. The second-order valence-corrected chi connectivity index (χ2v) is 9.83. The largest absolute Gasteiger partial charge is 0.494 e. The Bertz CT molecular complexity index is 891. The van der Waals surface area contributed by atoms with Crippen LogP contribution in [0.15, 0.2) is 28.7 Å². The Labute approximate surface area is 189 Å². The number of ether oxygens (including phenoxy) is 2. The predicted octanol–water partition coefficient (Wildman–Crippen LogP) is 4.21. The van der Waals surface area contributed by atoms with Crippen LogP contribution in [0.25, 0.3) is 11.5 Å². The molecule has 1 aromatic carbocycles. The summed E-state index contributed by atoms with van der Waals surface area (Å²) in [6.07, 6.45) is 1.96. The smallest absolute Gasteiger partial charge is 0.410 e. The van der Waals surface area contributed by atoms with E-state index in [0.717, 1.165) is 56.9 Å². The van der Waals surface area contributed by atoms with Gasteiger partial charge in [-0.3, -0.25) is 4.90 Å². The van der Waals surface area contributed by atoms with E-state index in [1.807, 2.05) is 49.9 Å². The number of nitrogens with zero attached hydrogens (tertiary/aromatic N) is 4. The molecule has 0 N–H and O–H groups in total. The summed E-state index contributed by atoms with van der Waals surface area (Å²) in [5, 5.41) is 8.46. The molecule has 2 aliphatic heterocycles. The van der Waals surface area contributed by atoms with E-state index in [9.17, 15) is 4.79 Å². The number of fused-ring (bicyclic) bond motifs is 1. The molecular weight excluding hydrogens is 408 g/mol. The molecule has 3 heterocycles. The van der Waals surface area contributed by atoms with Gasteiger partial charge in [-0.15, -0.1) is 10.2 Å². The van der Waals surface area contributed by atoms with Crippen LogP contribution in [0, 0.1) is 11.8 Å². The fourth-order valence-corrected chi connectivity index (χ4v) is 4.35. The first-order valence-electron chi connectivity index (χ1n) is 11.6. The second-order valence-electron chi connectivity index (χ2n) is 9.83. The Morgan fingerprint density at radius 2 is 1.78 bits per heavy atom. The minimum Gasteiger partial charge on any atom is -0.494 e. The zero-order valence-electron chi connectivity index (χ0n) is 19.5. The van der Waals surface area contributed by atoms with Crippen molar-refractivity contribution in [2.75, 3.05) is 32.8 Å². The number of benzene rings is 1. The summed E-state index contributed by atoms with van der Waals surface area (Å²) in [6, 6.07) is 7.77. The number of hydrogen-bond acceptors (Lipinski definition) is 7. The molecule has 2 atom stereocenters. The number of aromatic nitrogens is 2. The van der Waals surface area contributed by atoms with Gasteiger partial charge in [-0.1, -0.05) is 13.3 Å². The fourth-order valence-electron chi connectivity index (χ4n) is 4.35. The number of unbranched alkanes of at least 4 members (excludes halogenated alkanes) is 1. The van der Waals surface area contributed by atoms with Crippen LogP contribution < -0.4 is 4.74 Å². The maximum Gasteiger partial charge on any atom is 0.410 e. The van der Waals surface area contributed by atoms with Gasteiger partial charge >= 0.3 is 6.09 Å². The maximum atomic E-state index is 12.3. The third kappa shape index (κ3) is 5.59. The van der Waals surface area contributed by atoms with Gasteiger partial charge in [0.2, 0.25) is 11.8 Å². The van der Waals surface area contributed by atoms with Crippen molar-refractivity contribution in [2.24, 2.45) is 11.8 Å². The highest BCUT2D eigenvalue weighted by molar-refractivity contribution is 5.68. The minimum atomic E-state index is -0.459. The number of amides is 1. The summed E-state index contributed by atoms with van der Waals surface area (Å²) in [5.41, 5.74) is 0.427. The van der Waals surface area contributed by atoms with Gasteiger partial charge in [-0.05, 0) is 63.3 Å². The van der Waals surface area contributed by atoms with Crippen molar-refractivity contribution in [2.45, 2.75) is 52.7 Å². The lowest BCUT2D eigenvalue weighted by Crippen LogP contribution is -2.37. The van der Waals surface area contributed by atoms with E-state index in [0.29, 0.717) is 30.2 Å². The minimum absolute atomic E-state index is 0.207. The summed E-state index contributed by atoms with van der Waals surface area (Å²) in [6.45, 7) is 12.5. The molecule has 0 saturated carbocycles. The Kier molecular flexibility index (Phi) is 6.69. The van der Waals surface area contributed by atoms with Crippen LogP contribution in [0.1, 0.15) is 46.4 Å². The van der Waals surface area contributed by atoms with E-state index in [1.54, 1.807) is 0 Å². The highest BCUT2D eigenvalue weighted by atomic mass is 16.6. The Morgan fingerprint density at radius 1 is 1.09 bits per heavy atom. The molecule has 0 spiro atoms. The van der Waals surface area contributed by atoms with Gasteiger partial charge in [-0.25, -0.2) is 4.79 Å². The van der Waals surface area contributed by atoms with Crippen molar-refractivity contribution in [1.29, 1.82) is 0 Å². The molecule has 2 fully saturated rings. The Balaban J connectivity index is 1.27. The number of rotatable bonds is 7. The van der Waals surface area contributed by atoms with Gasteiger partial charge in [0.05, 0.1) is 13.2 Å². The monoisotopic (exact) mass is 442 g/mol. The second kappa shape index (κ2) is 9.48. The van der Waals surface area contributed by atoms with Crippen molar-refractivity contribution < 1.29 is 18.7 Å². The van der Waals surface area contributed by atoms with Gasteiger partial charge < -0.3 is 18.8 Å². The molecule has 0 radical (unpaired) electrons. The number of carbonyl (C=O) groups is 1. The molecule has 0 bridgehead atoms. The van der Waals surface area contributed by atoms with E-state index in [1.165, 1.54) is 0 Å². The molecule has 2 aliphatic rings. The standard InChI is InChI=1S/C24H34N4O4/c1-5-6-11-30-20-9-7-17(8-10-20)22-26-25-21(31-22)16-27-12-18-14-28(15-19(18)13-27)23(29)32-24(2,3)4/h7-10,18-19H,5-6,11-16H2,1-4H3/t18-,19+. The van der Waals surface area contributed by atoms with Crippen LogP contribution in [-0.2, 0) is 11.3 Å². The Hall–Kier alpha value is -2.61. The third-order valence-electron chi connectivity index (χ3n) is 5.91. The normalized spacial score (nSPS) is 21.1. The van der Waals surface area contributed by atoms with Crippen LogP contribution >= 0.6 is 0 Å². The Morgan fingerprint density at radius 3 is 2.41 bits per heavy atom. The van der Waals surface area contributed by atoms with Crippen molar-refractivity contribution in [3.05, 3.63) is 30.2 Å². The molecule has 32 heavy (non-hydrogen) atoms. The first-order chi connectivity index (χ1) is 15.3. The molecule has 4 rings (SSSR count). The number of hydrogen-bond donors (Lipinski definition) is 0. The van der Waals surface area contributed by atoms with Crippen LogP contribution in [0.4, 0.5) is 4.79 Å². The predicted molar refractivity (Wildman–Crippen MR) is 120 cm³/mol. The lowest BCUT2D eigenvalue weighted by Gasteiger charge is -2.25. The van der Waals surface area contributed by atoms with Crippen molar-refractivity contribution >= 4 is 6.09 Å². The summed E-state index contributed by atoms with van der Waals surface area (Å²) in [4.78, 5) is 16.5. The average Bonchev–Trinajstić information content (AvgIpc) is 3.43. The average molecular weight is 443 g/mol. The number of likely N-dealkylation sites (tertiary alicyclic amines) is 2. The van der Waals surface area contributed by atoms with Crippen LogP contribution in [-0.4, -0.2) is 64.5 Å². The van der Waals surface area contributed by atoms with E-state index < -0.39 is 5.60 Å². The van der Waals surface area contributed by atoms with Crippen molar-refractivity contribution in [3.63, 3.8) is 0 Å². The topological polar surface area (TPSA) is 80.9 Å². The molecular formula is C24H34N4O4. The highest BCUT2D eigenvalue weighted by Crippen LogP contribution is 2.33. The van der Waals surface area contributed by atoms with Crippen molar-refractivity contribution in [1.82, 2.24) is 20.0 Å². The summed E-state index contributed by atoms with van der Waals surface area (Å²) >= 11 is 0. The molecule has 2 saturated heterocycles. The van der Waals surface area contributed by atoms with Crippen LogP contribution in [0.5, 0.6) is 5.75 Å². The summed E-state index contributed by atoms with van der Waals surface area (Å²) < 4.78 is 17.1. The zero-order chi connectivity index (χ0) is 22.7. The fraction of sp³-hybridized carbons (Fsp3) is 0.625. The van der Waals surface area contributed by atoms with Crippen LogP contribution in [0.2, 0.25) is 0 Å². The van der Waals surface area contributed by atoms with Crippen LogP contribution in [0.3, 0.4) is 0 Å². The first-order valence-corrected chi connectivity index (χ1v) is 11.6. The molecule has 0 aliphatic carbocycles. The summed E-state index contributed by atoms with van der Waals surface area (Å²) in [5.74, 6) is 2.92. The molecule has 174 valence electrons. The van der Waals surface area contributed by atoms with Crippen molar-refractivity contribution in [3.8, 4) is 17.2 Å². The van der Waals surface area contributed by atoms with E-state index in [4.69, 9.17) is 13.9 Å². The van der Waals surface area contributed by atoms with E-state index in [2.05, 4.69) is 22.0 Å². The first kappa shape index (κ1) is 22.6. The third-order valence-corrected chi connectivity index (χ3v) is 5.91. The zero-order valence-corrected chi connectivity index (χ0v) is 19.5. The van der Waals surface area contributed by atoms with E-state index in [-0.39, 0.29) is 6.09 Å². The van der Waals surface area contributed by atoms with Gasteiger partial charge in [0.1, 0.15) is 11.4 Å². The SMILES string of the molecule is CCCCOc1ccc(-c2nnc(CN3C[C@@H]4CN(C(=O)OC(C)(C)C)C[C@@H]4C3)o2)cc1. The molecule has 0 unspecified atom stereocenters. The van der Waals surface area contributed by atoms with Gasteiger partial charge in [0, 0.05) is 31.7 Å². The van der Waals surface area contributed by atoms with Gasteiger partial charge in [0.15, 0.2) is 0 Å². The van der Waals surface area contributed by atoms with Gasteiger partial charge in [-0.2, -0.15) is 0 Å². The highest BCUT2D eigenvalue weighted by Gasteiger charge is 2.42. The summed E-state index contributed by atoms with van der Waals surface area (Å²) in [7, 11) is 0. The molecule has 8 heteroatoms. The molecule has 1 aromatic heterocycles. The maximum absolute atomic E-state index is 12.3. The quantitative estimate of drug-likeness (QED) is 0.594. The number of carbonyl (C=O) groups excluding carboxylic acids is 1. The molecule has 1 amide bonds.